The minimum absolute atomic E-state index is 0. The van der Waals surface area contributed by atoms with Crippen molar-refractivity contribution in [2.45, 2.75) is 34.0 Å². The van der Waals surface area contributed by atoms with Crippen molar-refractivity contribution >= 4 is 22.0 Å². The van der Waals surface area contributed by atoms with Gasteiger partial charge in [0, 0.05) is 53.4 Å². The van der Waals surface area contributed by atoms with Gasteiger partial charge in [-0.25, -0.2) is 0 Å². The second kappa shape index (κ2) is 16.6. The monoisotopic (exact) mass is 895 g/mol. The van der Waals surface area contributed by atoms with Crippen molar-refractivity contribution in [3.8, 4) is 50.6 Å². The van der Waals surface area contributed by atoms with Crippen LogP contribution in [0.5, 0.6) is 0 Å². The number of furan rings is 1. The molecule has 0 saturated heterocycles. The zero-order valence-corrected chi connectivity index (χ0v) is 33.3. The molecule has 1 radical (unpaired) electrons. The average Bonchev–Trinajstić information content (AvgIpc) is 3.82. The predicted molar refractivity (Wildman–Crippen MR) is 223 cm³/mol. The van der Waals surface area contributed by atoms with Gasteiger partial charge in [-0.2, -0.15) is 0 Å². The molecular weight excluding hydrogens is 851 g/mol. The zero-order valence-electron chi connectivity index (χ0n) is 33.9. The molecule has 0 unspecified atom stereocenters. The molecule has 0 bridgehead atoms. The number of pyridine rings is 1. The van der Waals surface area contributed by atoms with Gasteiger partial charge in [0.15, 0.2) is 0 Å². The minimum atomic E-state index is -2.09. The Balaban J connectivity index is 0.000000254. The van der Waals surface area contributed by atoms with E-state index in [-0.39, 0.29) is 25.7 Å². The molecule has 5 heteroatoms. The first kappa shape index (κ1) is 33.7. The van der Waals surface area contributed by atoms with Gasteiger partial charge < -0.3 is 14.0 Å². The number of hydrogen-bond donors (Lipinski definition) is 0. The smallest absolute Gasteiger partial charge is 0.0774 e. The third-order valence-electron chi connectivity index (χ3n) is 9.40. The second-order valence-electron chi connectivity index (χ2n) is 13.9. The van der Waals surface area contributed by atoms with Gasteiger partial charge in [0.2, 0.25) is 0 Å². The van der Waals surface area contributed by atoms with Crippen LogP contribution in [0.2, 0.25) is 0 Å². The summed E-state index contributed by atoms with van der Waals surface area (Å²) in [7, 11) is 0. The second-order valence-corrected chi connectivity index (χ2v) is 13.9. The van der Waals surface area contributed by atoms with E-state index in [0.29, 0.717) is 5.92 Å². The van der Waals surface area contributed by atoms with Crippen LogP contribution in [0.4, 0.5) is 0 Å². The number of hydrogen-bond acceptors (Lipinski definition) is 3. The van der Waals surface area contributed by atoms with Crippen LogP contribution < -0.4 is 0 Å². The Morgan fingerprint density at radius 3 is 2.07 bits per heavy atom. The summed E-state index contributed by atoms with van der Waals surface area (Å²) in [6, 6.07) is 54.5. The van der Waals surface area contributed by atoms with Crippen LogP contribution in [-0.4, -0.2) is 14.5 Å². The van der Waals surface area contributed by atoms with Crippen LogP contribution in [0.3, 0.4) is 0 Å². The Morgan fingerprint density at radius 2 is 1.44 bits per heavy atom. The van der Waals surface area contributed by atoms with Gasteiger partial charge in [-0.3, -0.25) is 4.98 Å². The molecule has 0 amide bonds. The van der Waals surface area contributed by atoms with Gasteiger partial charge in [-0.05, 0) is 78.3 Å². The molecule has 0 aliphatic carbocycles. The molecule has 273 valence electrons. The summed E-state index contributed by atoms with van der Waals surface area (Å²) in [5.41, 5.74) is 13.7. The van der Waals surface area contributed by atoms with E-state index in [1.54, 1.807) is 18.2 Å². The quantitative estimate of drug-likeness (QED) is 0.150. The molecule has 9 rings (SSSR count). The minimum Gasteiger partial charge on any atom is -0.557 e. The molecule has 0 aliphatic rings. The van der Waals surface area contributed by atoms with E-state index in [0.717, 1.165) is 79.0 Å². The van der Waals surface area contributed by atoms with Gasteiger partial charge in [-0.15, -0.1) is 35.9 Å². The number of aromatic nitrogens is 3. The van der Waals surface area contributed by atoms with Crippen LogP contribution in [0.15, 0.2) is 162 Å². The van der Waals surface area contributed by atoms with Crippen LogP contribution in [0.1, 0.15) is 34.7 Å². The first-order valence-electron chi connectivity index (χ1n) is 19.7. The fourth-order valence-corrected chi connectivity index (χ4v) is 7.01. The van der Waals surface area contributed by atoms with Crippen LogP contribution >= 0.6 is 0 Å². The number of para-hydroxylation sites is 2. The van der Waals surface area contributed by atoms with Gasteiger partial charge in [0.25, 0.3) is 0 Å². The van der Waals surface area contributed by atoms with Crippen molar-refractivity contribution < 1.29 is 28.6 Å². The Bertz CT molecular complexity index is 2720. The SMILES string of the molecule is Cc1cc(-c2ccccc2)c(-n2c(-c3[c-]oc4ccc(CC(C)C)cc34)nc3ccccc32)c(-c2ccccc2)c1.[2H]C([2H])([2H])c1ccc(-c2[c-]cccc2)nc1.[Ir]. The maximum atomic E-state index is 7.23. The summed E-state index contributed by atoms with van der Waals surface area (Å²) in [4.78, 5) is 9.36. The van der Waals surface area contributed by atoms with Gasteiger partial charge >= 0.3 is 0 Å². The zero-order chi connectivity index (χ0) is 39.5. The number of imidazole rings is 1. The third-order valence-corrected chi connectivity index (χ3v) is 9.40. The standard InChI is InChI=1S/C38H31N2O.C12H10N.Ir/c1-25(2)20-27-18-19-36-32(23-27)33(24-41-36)38-39-34-16-10-11-17-35(34)40(38)37-30(28-12-6-4-7-13-28)21-26(3)22-31(37)29-14-8-5-9-15-29;1-10-7-8-12(13-9-10)11-5-3-2-4-6-11;/h4-19,21-23,25H,20H2,1-3H3;2-5,7-9H,1H3;/q2*-1;/i;1D3;. The van der Waals surface area contributed by atoms with Crippen molar-refractivity contribution in [3.05, 3.63) is 187 Å². The van der Waals surface area contributed by atoms with Gasteiger partial charge in [0.1, 0.15) is 0 Å². The van der Waals surface area contributed by atoms with Crippen LogP contribution in [-0.2, 0) is 26.5 Å². The molecule has 55 heavy (non-hydrogen) atoms. The van der Waals surface area contributed by atoms with Crippen molar-refractivity contribution in [2.75, 3.05) is 0 Å². The summed E-state index contributed by atoms with van der Waals surface area (Å²) >= 11 is 0. The topological polar surface area (TPSA) is 43.9 Å². The summed E-state index contributed by atoms with van der Waals surface area (Å²) in [6.45, 7) is 4.58. The molecule has 4 nitrogen and oxygen atoms in total. The van der Waals surface area contributed by atoms with E-state index in [2.05, 4.69) is 152 Å². The van der Waals surface area contributed by atoms with E-state index >= 15 is 0 Å². The predicted octanol–water partition coefficient (Wildman–Crippen LogP) is 12.9. The molecular formula is C50H41IrN3O-2. The Kier molecular flexibility index (Phi) is 10.2. The molecule has 0 saturated carbocycles. The molecule has 3 heterocycles. The average molecular weight is 895 g/mol. The Morgan fingerprint density at radius 1 is 0.745 bits per heavy atom. The number of rotatable bonds is 7. The van der Waals surface area contributed by atoms with E-state index < -0.39 is 6.85 Å². The van der Waals surface area contributed by atoms with E-state index in [4.69, 9.17) is 13.5 Å². The molecule has 0 atom stereocenters. The van der Waals surface area contributed by atoms with E-state index in [1.807, 2.05) is 24.3 Å². The van der Waals surface area contributed by atoms with Crippen molar-refractivity contribution in [2.24, 2.45) is 5.92 Å². The summed E-state index contributed by atoms with van der Waals surface area (Å²) in [5.74, 6) is 1.38. The first-order valence-corrected chi connectivity index (χ1v) is 18.2. The third kappa shape index (κ3) is 8.00. The maximum Gasteiger partial charge on any atom is 0.0774 e. The Hall–Kier alpha value is -5.87. The van der Waals surface area contributed by atoms with Crippen molar-refractivity contribution in [1.29, 1.82) is 0 Å². The molecule has 3 aromatic heterocycles. The summed E-state index contributed by atoms with van der Waals surface area (Å²) < 4.78 is 30.0. The van der Waals surface area contributed by atoms with Crippen LogP contribution in [0.25, 0.3) is 72.6 Å². The van der Waals surface area contributed by atoms with E-state index in [1.165, 1.54) is 17.3 Å². The van der Waals surface area contributed by atoms with Gasteiger partial charge in [0.05, 0.1) is 22.5 Å². The van der Waals surface area contributed by atoms with E-state index in [9.17, 15) is 0 Å². The normalized spacial score (nSPS) is 12.0. The molecule has 0 aliphatic heterocycles. The fraction of sp³-hybridized carbons (Fsp3) is 0.120. The Labute approximate surface area is 341 Å². The summed E-state index contributed by atoms with van der Waals surface area (Å²) in [5, 5.41) is 1.04. The summed E-state index contributed by atoms with van der Waals surface area (Å²) in [6.07, 6.45) is 5.65. The molecule has 6 aromatic carbocycles. The number of aryl methyl sites for hydroxylation is 2. The van der Waals surface area contributed by atoms with Crippen LogP contribution in [0, 0.1) is 32.0 Å². The maximum absolute atomic E-state index is 7.23. The molecule has 9 aromatic rings. The van der Waals surface area contributed by atoms with Crippen molar-refractivity contribution in [1.82, 2.24) is 14.5 Å². The largest absolute Gasteiger partial charge is 0.557 e. The first-order chi connectivity index (χ1) is 27.6. The molecule has 0 N–H and O–H groups in total. The number of fused-ring (bicyclic) bond motifs is 2. The molecule has 0 fully saturated rings. The number of benzene rings is 6. The fourth-order valence-electron chi connectivity index (χ4n) is 7.01. The van der Waals surface area contributed by atoms with Crippen molar-refractivity contribution in [3.63, 3.8) is 0 Å². The number of nitrogens with zero attached hydrogens (tertiary/aromatic N) is 3. The molecule has 0 spiro atoms. The van der Waals surface area contributed by atoms with Gasteiger partial charge in [-0.1, -0.05) is 133 Å².